The van der Waals surface area contributed by atoms with Crippen LogP contribution in [0.25, 0.3) is 10.4 Å². The van der Waals surface area contributed by atoms with E-state index in [1.54, 1.807) is 0 Å². The Kier molecular flexibility index (Phi) is 2.78. The number of azide groups is 1. The SMILES string of the molecule is [N-]=[N+]=NC(=O)c1ccc(C=O)cc1. The smallest absolute Gasteiger partial charge is 0.249 e. The lowest BCUT2D eigenvalue weighted by molar-refractivity contribution is 0.0999. The zero-order valence-electron chi connectivity index (χ0n) is 6.54. The minimum absolute atomic E-state index is 0.267. The molecule has 0 aliphatic heterocycles. The summed E-state index contributed by atoms with van der Waals surface area (Å²) in [7, 11) is 0. The first-order chi connectivity index (χ1) is 6.27. The summed E-state index contributed by atoms with van der Waals surface area (Å²) in [5.41, 5.74) is 8.72. The molecule has 13 heavy (non-hydrogen) atoms. The van der Waals surface area contributed by atoms with Crippen molar-refractivity contribution < 1.29 is 9.59 Å². The van der Waals surface area contributed by atoms with Gasteiger partial charge in [0.1, 0.15) is 6.29 Å². The fourth-order valence-corrected chi connectivity index (χ4v) is 0.803. The third-order valence-corrected chi connectivity index (χ3v) is 1.43. The van der Waals surface area contributed by atoms with Crippen molar-refractivity contribution in [3.63, 3.8) is 0 Å². The summed E-state index contributed by atoms with van der Waals surface area (Å²) in [6, 6.07) is 5.82. The van der Waals surface area contributed by atoms with Crippen LogP contribution in [-0.4, -0.2) is 12.2 Å². The number of carbonyl (C=O) groups is 2. The van der Waals surface area contributed by atoms with Crippen LogP contribution >= 0.6 is 0 Å². The largest absolute Gasteiger partial charge is 0.298 e. The molecular formula is C8H5N3O2. The number of amides is 1. The minimum Gasteiger partial charge on any atom is -0.298 e. The first-order valence-electron chi connectivity index (χ1n) is 3.42. The Morgan fingerprint density at radius 3 is 2.46 bits per heavy atom. The van der Waals surface area contributed by atoms with Gasteiger partial charge in [-0.25, -0.2) is 0 Å². The average molecular weight is 175 g/mol. The molecule has 0 N–H and O–H groups in total. The van der Waals surface area contributed by atoms with Crippen LogP contribution in [0.3, 0.4) is 0 Å². The van der Waals surface area contributed by atoms with Crippen LogP contribution in [0.5, 0.6) is 0 Å². The lowest BCUT2D eigenvalue weighted by Gasteiger charge is -1.93. The van der Waals surface area contributed by atoms with Crippen molar-refractivity contribution in [2.45, 2.75) is 0 Å². The van der Waals surface area contributed by atoms with E-state index in [4.69, 9.17) is 5.53 Å². The fourth-order valence-electron chi connectivity index (χ4n) is 0.803. The van der Waals surface area contributed by atoms with Gasteiger partial charge in [0.25, 0.3) is 0 Å². The molecule has 1 aromatic carbocycles. The molecule has 0 unspecified atom stereocenters. The molecule has 5 nitrogen and oxygen atoms in total. The number of hydrogen-bond donors (Lipinski definition) is 0. The van der Waals surface area contributed by atoms with Gasteiger partial charge in [0.05, 0.1) is 0 Å². The molecular weight excluding hydrogens is 170 g/mol. The molecule has 0 spiro atoms. The maximum Gasteiger partial charge on any atom is 0.249 e. The summed E-state index contributed by atoms with van der Waals surface area (Å²) in [5, 5.41) is 2.90. The number of carbonyl (C=O) groups excluding carboxylic acids is 2. The number of rotatable bonds is 2. The second-order valence-corrected chi connectivity index (χ2v) is 2.23. The Morgan fingerprint density at radius 2 is 2.00 bits per heavy atom. The van der Waals surface area contributed by atoms with Gasteiger partial charge in [0.2, 0.25) is 5.91 Å². The van der Waals surface area contributed by atoms with Crippen LogP contribution in [-0.2, 0) is 0 Å². The topological polar surface area (TPSA) is 82.9 Å². The van der Waals surface area contributed by atoms with E-state index in [-0.39, 0.29) is 5.56 Å². The van der Waals surface area contributed by atoms with E-state index < -0.39 is 5.91 Å². The Balaban J connectivity index is 2.98. The second-order valence-electron chi connectivity index (χ2n) is 2.23. The van der Waals surface area contributed by atoms with Crippen molar-refractivity contribution in [1.82, 2.24) is 0 Å². The Bertz CT molecular complexity index is 377. The van der Waals surface area contributed by atoms with Crippen LogP contribution in [0.15, 0.2) is 29.4 Å². The molecule has 0 saturated heterocycles. The Labute approximate surface area is 73.6 Å². The van der Waals surface area contributed by atoms with Crippen molar-refractivity contribution in [1.29, 1.82) is 0 Å². The third-order valence-electron chi connectivity index (χ3n) is 1.43. The minimum atomic E-state index is -0.653. The third kappa shape index (κ3) is 2.15. The zero-order valence-corrected chi connectivity index (χ0v) is 6.54. The quantitative estimate of drug-likeness (QED) is 0.298. The second kappa shape index (κ2) is 4.04. The summed E-state index contributed by atoms with van der Waals surface area (Å²) in [6.45, 7) is 0. The number of benzene rings is 1. The van der Waals surface area contributed by atoms with E-state index in [1.165, 1.54) is 24.3 Å². The van der Waals surface area contributed by atoms with Gasteiger partial charge in [0.15, 0.2) is 0 Å². The van der Waals surface area contributed by atoms with Crippen molar-refractivity contribution >= 4 is 12.2 Å². The molecule has 64 valence electrons. The molecule has 1 aromatic rings. The van der Waals surface area contributed by atoms with E-state index in [1.807, 2.05) is 0 Å². The molecule has 1 amide bonds. The van der Waals surface area contributed by atoms with Crippen molar-refractivity contribution in [3.05, 3.63) is 45.8 Å². The molecule has 0 fully saturated rings. The van der Waals surface area contributed by atoms with Crippen LogP contribution in [0, 0.1) is 0 Å². The molecule has 0 saturated carbocycles. The summed E-state index contributed by atoms with van der Waals surface area (Å²) in [5.74, 6) is -0.653. The van der Waals surface area contributed by atoms with Crippen molar-refractivity contribution in [2.24, 2.45) is 5.11 Å². The zero-order chi connectivity index (χ0) is 9.68. The maximum absolute atomic E-state index is 10.9. The van der Waals surface area contributed by atoms with Gasteiger partial charge in [-0.05, 0) is 10.6 Å². The molecule has 0 atom stereocenters. The van der Waals surface area contributed by atoms with E-state index in [2.05, 4.69) is 10.0 Å². The van der Waals surface area contributed by atoms with E-state index in [9.17, 15) is 9.59 Å². The number of hydrogen-bond acceptors (Lipinski definition) is 2. The first-order valence-corrected chi connectivity index (χ1v) is 3.42. The average Bonchev–Trinajstić information content (AvgIpc) is 2.18. The first kappa shape index (κ1) is 8.96. The Hall–Kier alpha value is -2.13. The summed E-state index contributed by atoms with van der Waals surface area (Å²) < 4.78 is 0. The molecule has 1 rings (SSSR count). The van der Waals surface area contributed by atoms with Gasteiger partial charge < -0.3 is 0 Å². The molecule has 0 heterocycles. The van der Waals surface area contributed by atoms with Crippen LogP contribution in [0.2, 0.25) is 0 Å². The van der Waals surface area contributed by atoms with Crippen LogP contribution < -0.4 is 0 Å². The lowest BCUT2D eigenvalue weighted by Crippen LogP contribution is -1.92. The number of nitrogens with zero attached hydrogens (tertiary/aromatic N) is 3. The molecule has 0 bridgehead atoms. The normalized spacial score (nSPS) is 8.62. The van der Waals surface area contributed by atoms with E-state index in [0.29, 0.717) is 11.8 Å². The van der Waals surface area contributed by atoms with Crippen molar-refractivity contribution in [3.8, 4) is 0 Å². The van der Waals surface area contributed by atoms with E-state index >= 15 is 0 Å². The summed E-state index contributed by atoms with van der Waals surface area (Å²) in [6.07, 6.45) is 0.668. The number of aldehydes is 1. The van der Waals surface area contributed by atoms with Gasteiger partial charge in [-0.1, -0.05) is 24.3 Å². The molecule has 0 aromatic heterocycles. The standard InChI is InChI=1S/C8H5N3O2/c9-11-10-8(13)7-3-1-6(5-12)2-4-7/h1-5H. The molecule has 0 aliphatic rings. The summed E-state index contributed by atoms with van der Waals surface area (Å²) >= 11 is 0. The lowest BCUT2D eigenvalue weighted by atomic mass is 10.1. The van der Waals surface area contributed by atoms with Crippen LogP contribution in [0.1, 0.15) is 20.7 Å². The monoisotopic (exact) mass is 175 g/mol. The maximum atomic E-state index is 10.9. The summed E-state index contributed by atoms with van der Waals surface area (Å²) in [4.78, 5) is 23.5. The van der Waals surface area contributed by atoms with Gasteiger partial charge in [-0.2, -0.15) is 0 Å². The molecule has 0 aliphatic carbocycles. The van der Waals surface area contributed by atoms with E-state index in [0.717, 1.165) is 0 Å². The fraction of sp³-hybridized carbons (Fsp3) is 0. The highest BCUT2D eigenvalue weighted by atomic mass is 16.1. The van der Waals surface area contributed by atoms with Gasteiger partial charge in [0, 0.05) is 16.0 Å². The van der Waals surface area contributed by atoms with Crippen molar-refractivity contribution in [2.75, 3.05) is 0 Å². The highest BCUT2D eigenvalue weighted by Gasteiger charge is 2.01. The van der Waals surface area contributed by atoms with Gasteiger partial charge >= 0.3 is 0 Å². The van der Waals surface area contributed by atoms with Crippen LogP contribution in [0.4, 0.5) is 0 Å². The predicted octanol–water partition coefficient (Wildman–Crippen LogP) is 1.95. The van der Waals surface area contributed by atoms with Gasteiger partial charge in [-0.3, -0.25) is 9.59 Å². The predicted molar refractivity (Wildman–Crippen MR) is 45.3 cm³/mol. The molecule has 5 heteroatoms. The highest BCUT2D eigenvalue weighted by molar-refractivity contribution is 5.95. The Morgan fingerprint density at radius 1 is 1.38 bits per heavy atom. The van der Waals surface area contributed by atoms with Gasteiger partial charge in [-0.15, -0.1) is 0 Å². The highest BCUT2D eigenvalue weighted by Crippen LogP contribution is 2.03. The molecule has 0 radical (unpaired) electrons.